The third-order valence-electron chi connectivity index (χ3n) is 4.04. The highest BCUT2D eigenvalue weighted by atomic mass is 32.1. The first-order chi connectivity index (χ1) is 7.26. The summed E-state index contributed by atoms with van der Waals surface area (Å²) in [5, 5.41) is 0. The second kappa shape index (κ2) is 5.07. The van der Waals surface area contributed by atoms with Crippen LogP contribution in [0.1, 0.15) is 32.6 Å². The number of nitrogens with zero attached hydrogens (tertiary/aromatic N) is 1. The maximum Gasteiger partial charge on any atom is 0.0619 e. The molecule has 88 valence electrons. The Labute approximate surface area is 98.8 Å². The second-order valence-electron chi connectivity index (χ2n) is 5.26. The molecule has 2 nitrogen and oxygen atoms in total. The van der Waals surface area contributed by atoms with Crippen LogP contribution in [0.4, 0.5) is 0 Å². The summed E-state index contributed by atoms with van der Waals surface area (Å²) in [7, 11) is 0. The summed E-state index contributed by atoms with van der Waals surface area (Å²) in [6.45, 7) is 6.44. The standard InChI is InChI=1S/C12H23NOS/c1-11-8-14-7-6-13(11)9-12(10-15)4-2-3-5-12/h11,15H,2-10H2,1H3. The highest BCUT2D eigenvalue weighted by Gasteiger charge is 2.35. The van der Waals surface area contributed by atoms with Crippen LogP contribution in [0.3, 0.4) is 0 Å². The van der Waals surface area contributed by atoms with Crippen LogP contribution in [0, 0.1) is 5.41 Å². The molecule has 1 aliphatic heterocycles. The highest BCUT2D eigenvalue weighted by Crippen LogP contribution is 2.40. The van der Waals surface area contributed by atoms with E-state index in [-0.39, 0.29) is 0 Å². The minimum absolute atomic E-state index is 0.509. The molecule has 1 atom stereocenters. The minimum atomic E-state index is 0.509. The fraction of sp³-hybridized carbons (Fsp3) is 1.00. The molecule has 2 fully saturated rings. The van der Waals surface area contributed by atoms with Crippen LogP contribution >= 0.6 is 12.6 Å². The molecule has 0 N–H and O–H groups in total. The van der Waals surface area contributed by atoms with Gasteiger partial charge in [-0.2, -0.15) is 12.6 Å². The Morgan fingerprint density at radius 2 is 2.13 bits per heavy atom. The summed E-state index contributed by atoms with van der Waals surface area (Å²) in [5.41, 5.74) is 0.509. The van der Waals surface area contributed by atoms with E-state index in [0.29, 0.717) is 11.5 Å². The fourth-order valence-electron chi connectivity index (χ4n) is 2.92. The summed E-state index contributed by atoms with van der Waals surface area (Å²) >= 11 is 4.57. The van der Waals surface area contributed by atoms with E-state index >= 15 is 0 Å². The fourth-order valence-corrected chi connectivity index (χ4v) is 3.33. The first-order valence-corrected chi connectivity index (χ1v) is 6.82. The van der Waals surface area contributed by atoms with Crippen molar-refractivity contribution >= 4 is 12.6 Å². The molecule has 1 unspecified atom stereocenters. The summed E-state index contributed by atoms with van der Waals surface area (Å²) in [4.78, 5) is 2.60. The largest absolute Gasteiger partial charge is 0.379 e. The predicted molar refractivity (Wildman–Crippen MR) is 66.6 cm³/mol. The van der Waals surface area contributed by atoms with Gasteiger partial charge in [-0.05, 0) is 30.9 Å². The van der Waals surface area contributed by atoms with Crippen molar-refractivity contribution in [3.8, 4) is 0 Å². The lowest BCUT2D eigenvalue weighted by molar-refractivity contribution is -0.0167. The van der Waals surface area contributed by atoms with Crippen LogP contribution in [0.25, 0.3) is 0 Å². The van der Waals surface area contributed by atoms with Crippen molar-refractivity contribution < 1.29 is 4.74 Å². The van der Waals surface area contributed by atoms with Gasteiger partial charge in [-0.25, -0.2) is 0 Å². The van der Waals surface area contributed by atoms with Gasteiger partial charge in [-0.1, -0.05) is 12.8 Å². The van der Waals surface area contributed by atoms with E-state index in [1.54, 1.807) is 0 Å². The molecule has 1 saturated carbocycles. The SMILES string of the molecule is CC1COCCN1CC1(CS)CCCC1. The van der Waals surface area contributed by atoms with Gasteiger partial charge in [0.05, 0.1) is 13.2 Å². The molecule has 0 aromatic heterocycles. The second-order valence-corrected chi connectivity index (χ2v) is 5.58. The average Bonchev–Trinajstić information content (AvgIpc) is 2.71. The molecule has 1 aliphatic carbocycles. The molecule has 1 heterocycles. The van der Waals surface area contributed by atoms with E-state index in [1.165, 1.54) is 32.2 Å². The monoisotopic (exact) mass is 229 g/mol. The van der Waals surface area contributed by atoms with Crippen LogP contribution in [0.15, 0.2) is 0 Å². The normalized spacial score (nSPS) is 32.0. The molecule has 1 saturated heterocycles. The Morgan fingerprint density at radius 3 is 2.73 bits per heavy atom. The quantitative estimate of drug-likeness (QED) is 0.745. The van der Waals surface area contributed by atoms with E-state index in [0.717, 1.165) is 25.5 Å². The molecule has 0 spiro atoms. The van der Waals surface area contributed by atoms with Gasteiger partial charge in [0.25, 0.3) is 0 Å². The Kier molecular flexibility index (Phi) is 3.97. The van der Waals surface area contributed by atoms with Gasteiger partial charge in [0, 0.05) is 19.1 Å². The molecule has 2 rings (SSSR count). The number of rotatable bonds is 3. The molecule has 0 radical (unpaired) electrons. The van der Waals surface area contributed by atoms with E-state index in [9.17, 15) is 0 Å². The zero-order valence-corrected chi connectivity index (χ0v) is 10.6. The molecule has 15 heavy (non-hydrogen) atoms. The lowest BCUT2D eigenvalue weighted by Crippen LogP contribution is -2.48. The first kappa shape index (κ1) is 11.7. The van der Waals surface area contributed by atoms with Gasteiger partial charge >= 0.3 is 0 Å². The van der Waals surface area contributed by atoms with Crippen LogP contribution in [-0.2, 0) is 4.74 Å². The smallest absolute Gasteiger partial charge is 0.0619 e. The predicted octanol–water partition coefficient (Wildman–Crippen LogP) is 2.20. The summed E-state index contributed by atoms with van der Waals surface area (Å²) in [5.74, 6) is 1.05. The van der Waals surface area contributed by atoms with E-state index in [1.807, 2.05) is 0 Å². The van der Waals surface area contributed by atoms with Crippen LogP contribution in [-0.4, -0.2) is 43.0 Å². The Balaban J connectivity index is 1.93. The van der Waals surface area contributed by atoms with Crippen molar-refractivity contribution in [2.75, 3.05) is 32.1 Å². The summed E-state index contributed by atoms with van der Waals surface area (Å²) in [6.07, 6.45) is 5.56. The van der Waals surface area contributed by atoms with Gasteiger partial charge in [0.2, 0.25) is 0 Å². The molecular formula is C12H23NOS. The maximum atomic E-state index is 5.48. The third kappa shape index (κ3) is 2.69. The number of hydrogen-bond donors (Lipinski definition) is 1. The molecule has 2 aliphatic rings. The zero-order chi connectivity index (χ0) is 10.7. The summed E-state index contributed by atoms with van der Waals surface area (Å²) in [6, 6.07) is 0.594. The molecule has 0 aromatic carbocycles. The van der Waals surface area contributed by atoms with Gasteiger partial charge in [-0.15, -0.1) is 0 Å². The molecule has 0 aromatic rings. The summed E-state index contributed by atoms with van der Waals surface area (Å²) < 4.78 is 5.48. The number of ether oxygens (including phenoxy) is 1. The van der Waals surface area contributed by atoms with E-state index < -0.39 is 0 Å². The zero-order valence-electron chi connectivity index (χ0n) is 9.74. The van der Waals surface area contributed by atoms with Crippen molar-refractivity contribution in [1.29, 1.82) is 0 Å². The van der Waals surface area contributed by atoms with Gasteiger partial charge in [0.1, 0.15) is 0 Å². The number of thiol groups is 1. The first-order valence-electron chi connectivity index (χ1n) is 6.18. The number of hydrogen-bond acceptors (Lipinski definition) is 3. The van der Waals surface area contributed by atoms with Crippen molar-refractivity contribution in [2.45, 2.75) is 38.6 Å². The van der Waals surface area contributed by atoms with Crippen molar-refractivity contribution in [2.24, 2.45) is 5.41 Å². The van der Waals surface area contributed by atoms with E-state index in [2.05, 4.69) is 24.5 Å². The molecule has 0 bridgehead atoms. The van der Waals surface area contributed by atoms with Crippen molar-refractivity contribution in [1.82, 2.24) is 4.90 Å². The molecule has 0 amide bonds. The lowest BCUT2D eigenvalue weighted by Gasteiger charge is -2.40. The lowest BCUT2D eigenvalue weighted by atomic mass is 9.87. The Hall–Kier alpha value is 0.270. The maximum absolute atomic E-state index is 5.48. The third-order valence-corrected chi connectivity index (χ3v) is 4.71. The van der Waals surface area contributed by atoms with Crippen molar-refractivity contribution in [3.63, 3.8) is 0 Å². The highest BCUT2D eigenvalue weighted by molar-refractivity contribution is 7.80. The topological polar surface area (TPSA) is 12.5 Å². The molecule has 3 heteroatoms. The Morgan fingerprint density at radius 1 is 1.40 bits per heavy atom. The van der Waals surface area contributed by atoms with Crippen LogP contribution < -0.4 is 0 Å². The van der Waals surface area contributed by atoms with Gasteiger partial charge in [0.15, 0.2) is 0 Å². The minimum Gasteiger partial charge on any atom is -0.379 e. The van der Waals surface area contributed by atoms with Crippen molar-refractivity contribution in [3.05, 3.63) is 0 Å². The van der Waals surface area contributed by atoms with E-state index in [4.69, 9.17) is 4.74 Å². The van der Waals surface area contributed by atoms with Gasteiger partial charge < -0.3 is 4.74 Å². The molecular weight excluding hydrogens is 206 g/mol. The number of morpholine rings is 1. The average molecular weight is 229 g/mol. The van der Waals surface area contributed by atoms with Gasteiger partial charge in [-0.3, -0.25) is 4.90 Å². The Bertz CT molecular complexity index is 204. The van der Waals surface area contributed by atoms with Crippen LogP contribution in [0.2, 0.25) is 0 Å². The van der Waals surface area contributed by atoms with Crippen LogP contribution in [0.5, 0.6) is 0 Å².